The highest BCUT2D eigenvalue weighted by Gasteiger charge is 2.36. The number of aromatic nitrogens is 4. The number of aryl methyl sites for hydroxylation is 1. The van der Waals surface area contributed by atoms with Gasteiger partial charge in [0.15, 0.2) is 5.43 Å². The van der Waals surface area contributed by atoms with E-state index in [9.17, 15) is 9.59 Å². The van der Waals surface area contributed by atoms with Crippen molar-refractivity contribution in [2.75, 3.05) is 13.1 Å². The number of aliphatic carboxylic acids is 1. The molecule has 0 spiro atoms. The molecule has 1 aliphatic heterocycles. The number of carboxylic acid groups (broad SMARTS) is 1. The van der Waals surface area contributed by atoms with Crippen LogP contribution in [0, 0.1) is 19.8 Å². The Morgan fingerprint density at radius 1 is 1.42 bits per heavy atom. The molecule has 3 N–H and O–H groups in total. The Morgan fingerprint density at radius 3 is 2.88 bits per heavy atom. The zero-order valence-corrected chi connectivity index (χ0v) is 13.7. The van der Waals surface area contributed by atoms with Crippen LogP contribution in [-0.2, 0) is 11.3 Å². The lowest BCUT2D eigenvalue weighted by Crippen LogP contribution is -2.24. The van der Waals surface area contributed by atoms with Crippen molar-refractivity contribution in [3.05, 3.63) is 45.1 Å². The van der Waals surface area contributed by atoms with Gasteiger partial charge in [-0.25, -0.2) is 0 Å². The lowest BCUT2D eigenvalue weighted by Gasteiger charge is -2.17. The molecule has 3 heterocycles. The smallest absolute Gasteiger partial charge is 0.303 e. The molecule has 2 aromatic heterocycles. The highest BCUT2D eigenvalue weighted by atomic mass is 16.4. The predicted molar refractivity (Wildman–Crippen MR) is 86.7 cm³/mol. The van der Waals surface area contributed by atoms with Crippen LogP contribution in [-0.4, -0.2) is 49.5 Å². The summed E-state index contributed by atoms with van der Waals surface area (Å²) in [5.74, 6) is -0.808. The van der Waals surface area contributed by atoms with Gasteiger partial charge in [0.25, 0.3) is 0 Å². The predicted octanol–water partition coefficient (Wildman–Crippen LogP) is 0.800. The number of pyridine rings is 1. The first-order chi connectivity index (χ1) is 11.5. The molecule has 0 aromatic carbocycles. The van der Waals surface area contributed by atoms with Crippen molar-refractivity contribution in [3.8, 4) is 0 Å². The van der Waals surface area contributed by atoms with Crippen LogP contribution in [0.25, 0.3) is 0 Å². The second kappa shape index (κ2) is 6.56. The summed E-state index contributed by atoms with van der Waals surface area (Å²) in [6, 6.07) is 0. The Bertz CT molecular complexity index is 784. The minimum atomic E-state index is -0.810. The van der Waals surface area contributed by atoms with Crippen molar-refractivity contribution in [1.29, 1.82) is 0 Å². The van der Waals surface area contributed by atoms with E-state index >= 15 is 0 Å². The molecular formula is C16H21N5O3. The molecule has 0 unspecified atom stereocenters. The van der Waals surface area contributed by atoms with E-state index in [-0.39, 0.29) is 23.7 Å². The first-order valence-electron chi connectivity index (χ1n) is 7.93. The maximum absolute atomic E-state index is 12.1. The lowest BCUT2D eigenvalue weighted by molar-refractivity contribution is -0.138. The van der Waals surface area contributed by atoms with E-state index in [1.165, 1.54) is 0 Å². The van der Waals surface area contributed by atoms with Gasteiger partial charge in [-0.1, -0.05) is 0 Å². The second-order valence-electron chi connectivity index (χ2n) is 6.46. The van der Waals surface area contributed by atoms with E-state index in [1.807, 2.05) is 6.92 Å². The van der Waals surface area contributed by atoms with Gasteiger partial charge in [0.2, 0.25) is 0 Å². The zero-order valence-electron chi connectivity index (χ0n) is 13.7. The van der Waals surface area contributed by atoms with Gasteiger partial charge in [0.1, 0.15) is 0 Å². The second-order valence-corrected chi connectivity index (χ2v) is 6.46. The molecule has 0 bridgehead atoms. The normalized spacial score (nSPS) is 21.2. The standard InChI is InChI=1S/C16H21N5O3/c1-9-4-17-14(10(2)16(9)24)8-21-6-11(3-15(22)23)12(7-21)13-5-18-20-19-13/h4-5,11-12H,3,6-8H2,1-2H3,(H,17,24)(H,22,23)(H,18,19,20)/t11-,12+/m1/s1. The van der Waals surface area contributed by atoms with Crippen LogP contribution in [0.3, 0.4) is 0 Å². The Balaban J connectivity index is 1.79. The molecule has 0 aliphatic carbocycles. The average molecular weight is 331 g/mol. The number of hydrogen-bond donors (Lipinski definition) is 3. The van der Waals surface area contributed by atoms with Gasteiger partial charge in [-0.15, -0.1) is 0 Å². The zero-order chi connectivity index (χ0) is 17.3. The Hall–Kier alpha value is -2.48. The molecule has 1 saturated heterocycles. The highest BCUT2D eigenvalue weighted by molar-refractivity contribution is 5.67. The van der Waals surface area contributed by atoms with Crippen LogP contribution in [0.1, 0.15) is 34.9 Å². The number of aromatic amines is 2. The van der Waals surface area contributed by atoms with E-state index in [4.69, 9.17) is 5.11 Å². The summed E-state index contributed by atoms with van der Waals surface area (Å²) in [5.41, 5.74) is 3.13. The van der Waals surface area contributed by atoms with E-state index in [1.54, 1.807) is 19.3 Å². The topological polar surface area (TPSA) is 115 Å². The summed E-state index contributed by atoms with van der Waals surface area (Å²) < 4.78 is 0. The third-order valence-electron chi connectivity index (χ3n) is 4.76. The molecule has 0 radical (unpaired) electrons. The number of carboxylic acids is 1. The van der Waals surface area contributed by atoms with Gasteiger partial charge in [-0.05, 0) is 19.8 Å². The molecule has 1 fully saturated rings. The van der Waals surface area contributed by atoms with Gasteiger partial charge < -0.3 is 10.1 Å². The molecule has 24 heavy (non-hydrogen) atoms. The SMILES string of the molecule is Cc1c[nH]c(CN2C[C@@H](CC(=O)O)[C@@H](c3cn[nH]n3)C2)c(C)c1=O. The van der Waals surface area contributed by atoms with Crippen molar-refractivity contribution in [2.45, 2.75) is 32.7 Å². The summed E-state index contributed by atoms with van der Waals surface area (Å²) in [7, 11) is 0. The van der Waals surface area contributed by atoms with Crippen molar-refractivity contribution < 1.29 is 9.90 Å². The van der Waals surface area contributed by atoms with E-state index < -0.39 is 5.97 Å². The Labute approximate surface area is 138 Å². The van der Waals surface area contributed by atoms with Gasteiger partial charge >= 0.3 is 5.97 Å². The quantitative estimate of drug-likeness (QED) is 0.746. The monoisotopic (exact) mass is 331 g/mol. The first kappa shape index (κ1) is 16.4. The van der Waals surface area contributed by atoms with Gasteiger partial charge in [0.05, 0.1) is 18.3 Å². The number of H-pyrrole nitrogens is 2. The summed E-state index contributed by atoms with van der Waals surface area (Å²) >= 11 is 0. The van der Waals surface area contributed by atoms with Gasteiger partial charge in [0, 0.05) is 48.6 Å². The number of nitrogens with one attached hydrogen (secondary N) is 2. The fraction of sp³-hybridized carbons (Fsp3) is 0.500. The molecule has 0 amide bonds. The minimum absolute atomic E-state index is 0.0231. The largest absolute Gasteiger partial charge is 0.481 e. The maximum Gasteiger partial charge on any atom is 0.303 e. The minimum Gasteiger partial charge on any atom is -0.481 e. The van der Waals surface area contributed by atoms with Crippen molar-refractivity contribution in [2.24, 2.45) is 5.92 Å². The van der Waals surface area contributed by atoms with Crippen molar-refractivity contribution >= 4 is 5.97 Å². The average Bonchev–Trinajstić information content (AvgIpc) is 3.17. The molecule has 2 atom stereocenters. The Kier molecular flexibility index (Phi) is 4.48. The number of likely N-dealkylation sites (tertiary alicyclic amines) is 1. The van der Waals surface area contributed by atoms with E-state index in [2.05, 4.69) is 25.3 Å². The summed E-state index contributed by atoms with van der Waals surface area (Å²) in [6.07, 6.45) is 3.48. The maximum atomic E-state index is 12.1. The molecule has 8 nitrogen and oxygen atoms in total. The third-order valence-corrected chi connectivity index (χ3v) is 4.76. The molecular weight excluding hydrogens is 310 g/mol. The molecule has 1 aliphatic rings. The van der Waals surface area contributed by atoms with E-state index in [0.717, 1.165) is 17.0 Å². The molecule has 8 heteroatoms. The highest BCUT2D eigenvalue weighted by Crippen LogP contribution is 2.34. The van der Waals surface area contributed by atoms with Crippen molar-refractivity contribution in [3.63, 3.8) is 0 Å². The molecule has 128 valence electrons. The number of carbonyl (C=O) groups is 1. The number of rotatable bonds is 5. The van der Waals surface area contributed by atoms with Crippen LogP contribution in [0.5, 0.6) is 0 Å². The summed E-state index contributed by atoms with van der Waals surface area (Å²) in [6.45, 7) is 5.54. The molecule has 3 rings (SSSR count). The summed E-state index contributed by atoms with van der Waals surface area (Å²) in [4.78, 5) is 28.6. The van der Waals surface area contributed by atoms with Gasteiger partial charge in [-0.2, -0.15) is 15.4 Å². The molecule has 0 saturated carbocycles. The molecule has 2 aromatic rings. The third kappa shape index (κ3) is 3.23. The fourth-order valence-electron chi connectivity index (χ4n) is 3.43. The van der Waals surface area contributed by atoms with E-state index in [0.29, 0.717) is 25.2 Å². The number of hydrogen-bond acceptors (Lipinski definition) is 5. The fourth-order valence-corrected chi connectivity index (χ4v) is 3.43. The first-order valence-corrected chi connectivity index (χ1v) is 7.93. The Morgan fingerprint density at radius 2 is 2.21 bits per heavy atom. The van der Waals surface area contributed by atoms with Gasteiger partial charge in [-0.3, -0.25) is 14.5 Å². The van der Waals surface area contributed by atoms with Crippen LogP contribution in [0.4, 0.5) is 0 Å². The van der Waals surface area contributed by atoms with Crippen LogP contribution in [0.2, 0.25) is 0 Å². The summed E-state index contributed by atoms with van der Waals surface area (Å²) in [5, 5.41) is 19.7. The van der Waals surface area contributed by atoms with Crippen molar-refractivity contribution in [1.82, 2.24) is 25.3 Å². The van der Waals surface area contributed by atoms with Crippen LogP contribution < -0.4 is 5.43 Å². The lowest BCUT2D eigenvalue weighted by atomic mass is 9.91. The number of nitrogens with zero attached hydrogens (tertiary/aromatic N) is 3. The van der Waals surface area contributed by atoms with Crippen LogP contribution in [0.15, 0.2) is 17.2 Å². The van der Waals surface area contributed by atoms with Crippen LogP contribution >= 0.6 is 0 Å².